The van der Waals surface area contributed by atoms with Crippen LogP contribution in [-0.4, -0.2) is 46.2 Å². The zero-order valence-electron chi connectivity index (χ0n) is 17.1. The van der Waals surface area contributed by atoms with E-state index in [1.165, 1.54) is 29.3 Å². The molecule has 3 heterocycles. The minimum absolute atomic E-state index is 0.00144. The number of Topliss-reactive ketones (excluding diaryl/α,β-unsaturated/α-hetero) is 1. The van der Waals surface area contributed by atoms with Gasteiger partial charge in [0.15, 0.2) is 20.9 Å². The van der Waals surface area contributed by atoms with Crippen molar-refractivity contribution in [2.24, 2.45) is 0 Å². The number of aromatic amines is 1. The Hall–Kier alpha value is -2.50. The first-order valence-electron chi connectivity index (χ1n) is 9.62. The van der Waals surface area contributed by atoms with Crippen LogP contribution in [-0.2, 0) is 11.2 Å². The van der Waals surface area contributed by atoms with Crippen molar-refractivity contribution in [3.8, 4) is 5.69 Å². The van der Waals surface area contributed by atoms with Gasteiger partial charge in [-0.05, 0) is 19.1 Å². The van der Waals surface area contributed by atoms with E-state index < -0.39 is 5.25 Å². The molecule has 31 heavy (non-hydrogen) atoms. The lowest BCUT2D eigenvalue weighted by atomic mass is 10.2. The monoisotopic (exact) mass is 472 g/mol. The zero-order chi connectivity index (χ0) is 22.0. The average Bonchev–Trinajstić information content (AvgIpc) is 3.35. The number of carbonyl (C=O) groups is 1. The number of benzene rings is 1. The Kier molecular flexibility index (Phi) is 6.54. The van der Waals surface area contributed by atoms with Crippen LogP contribution in [0.1, 0.15) is 25.8 Å². The van der Waals surface area contributed by atoms with Gasteiger partial charge in [-0.1, -0.05) is 66.9 Å². The highest BCUT2D eigenvalue weighted by molar-refractivity contribution is 8.01. The van der Waals surface area contributed by atoms with Gasteiger partial charge in [-0.2, -0.15) is 5.10 Å². The fraction of sp³-hybridized carbons (Fsp3) is 0.300. The molecule has 4 aromatic rings. The summed E-state index contributed by atoms with van der Waals surface area (Å²) in [5.74, 6) is 0.00144. The second-order valence-electron chi connectivity index (χ2n) is 7.03. The highest BCUT2D eigenvalue weighted by Gasteiger charge is 2.20. The summed E-state index contributed by atoms with van der Waals surface area (Å²) in [6, 6.07) is 9.48. The van der Waals surface area contributed by atoms with Crippen LogP contribution in [0.5, 0.6) is 0 Å². The number of ketones is 1. The molecule has 0 saturated carbocycles. The third-order valence-electron chi connectivity index (χ3n) is 4.27. The van der Waals surface area contributed by atoms with Crippen LogP contribution in [0.2, 0.25) is 0 Å². The molecule has 8 nitrogen and oxygen atoms in total. The molecule has 1 aromatic carbocycles. The van der Waals surface area contributed by atoms with Gasteiger partial charge in [0.25, 0.3) is 5.56 Å². The largest absolute Gasteiger partial charge is 0.301 e. The number of nitrogens with one attached hydrogen (secondary N) is 1. The second-order valence-corrected chi connectivity index (χ2v) is 11.2. The number of rotatable bonds is 8. The fourth-order valence-corrected chi connectivity index (χ4v) is 5.77. The minimum atomic E-state index is -0.404. The molecule has 11 heteroatoms. The van der Waals surface area contributed by atoms with Crippen LogP contribution >= 0.6 is 34.9 Å². The van der Waals surface area contributed by atoms with Gasteiger partial charge in [0, 0.05) is 5.25 Å². The number of H-pyrrole nitrogens is 1. The minimum Gasteiger partial charge on any atom is -0.301 e. The molecule has 1 N–H and O–H groups in total. The van der Waals surface area contributed by atoms with E-state index in [9.17, 15) is 9.59 Å². The Morgan fingerprint density at radius 3 is 2.68 bits per heavy atom. The predicted molar refractivity (Wildman–Crippen MR) is 124 cm³/mol. The zero-order valence-corrected chi connectivity index (χ0v) is 19.6. The summed E-state index contributed by atoms with van der Waals surface area (Å²) >= 11 is 4.29. The Morgan fingerprint density at radius 2 is 1.94 bits per heavy atom. The van der Waals surface area contributed by atoms with Crippen LogP contribution in [0.3, 0.4) is 0 Å². The van der Waals surface area contributed by atoms with E-state index in [1.807, 2.05) is 30.3 Å². The topological polar surface area (TPSA) is 106 Å². The van der Waals surface area contributed by atoms with Crippen molar-refractivity contribution in [3.63, 3.8) is 0 Å². The molecule has 0 fully saturated rings. The molecule has 1 atom stereocenters. The van der Waals surface area contributed by atoms with Crippen molar-refractivity contribution in [3.05, 3.63) is 51.9 Å². The molecule has 0 spiro atoms. The molecule has 160 valence electrons. The molecule has 0 bridgehead atoms. The van der Waals surface area contributed by atoms with Crippen molar-refractivity contribution in [2.45, 2.75) is 47.2 Å². The van der Waals surface area contributed by atoms with Crippen molar-refractivity contribution in [1.82, 2.24) is 29.9 Å². The van der Waals surface area contributed by atoms with E-state index >= 15 is 0 Å². The summed E-state index contributed by atoms with van der Waals surface area (Å²) in [7, 11) is 0. The number of carbonyl (C=O) groups excluding carboxylic acids is 1. The highest BCUT2D eigenvalue weighted by Crippen LogP contribution is 2.28. The predicted octanol–water partition coefficient (Wildman–Crippen LogP) is 3.75. The molecule has 0 aliphatic heterocycles. The van der Waals surface area contributed by atoms with Gasteiger partial charge < -0.3 is 4.98 Å². The van der Waals surface area contributed by atoms with Gasteiger partial charge in [0.2, 0.25) is 0 Å². The Balaban J connectivity index is 1.52. The number of aromatic nitrogens is 6. The SMILES string of the molecule is CC(C)Sc1nnc(CC(=O)C(C)Sc2nc3c(cnn3-c3ccccc3)c(=O)[nH]2)s1. The van der Waals surface area contributed by atoms with Gasteiger partial charge in [0.05, 0.1) is 23.6 Å². The summed E-state index contributed by atoms with van der Waals surface area (Å²) < 4.78 is 2.49. The van der Waals surface area contributed by atoms with Crippen molar-refractivity contribution < 1.29 is 4.79 Å². The van der Waals surface area contributed by atoms with E-state index in [4.69, 9.17) is 0 Å². The maximum Gasteiger partial charge on any atom is 0.262 e. The lowest BCUT2D eigenvalue weighted by Crippen LogP contribution is -2.18. The lowest BCUT2D eigenvalue weighted by molar-refractivity contribution is -0.117. The second kappa shape index (κ2) is 9.33. The van der Waals surface area contributed by atoms with Gasteiger partial charge in [-0.25, -0.2) is 9.67 Å². The Labute approximate surface area is 190 Å². The third kappa shape index (κ3) is 5.05. The summed E-state index contributed by atoms with van der Waals surface area (Å²) in [6.07, 6.45) is 1.71. The molecular weight excluding hydrogens is 452 g/mol. The van der Waals surface area contributed by atoms with Gasteiger partial charge in [-0.15, -0.1) is 10.2 Å². The standard InChI is InChI=1S/C20H20N6O2S3/c1-11(2)29-20-25-24-16(31-20)9-15(27)12(3)30-19-22-17-14(18(28)23-19)10-21-26(17)13-7-5-4-6-8-13/h4-8,10-12H,9H2,1-3H3,(H,22,23,28). The molecule has 0 aliphatic carbocycles. The van der Waals surface area contributed by atoms with Crippen LogP contribution in [0, 0.1) is 0 Å². The van der Waals surface area contributed by atoms with Crippen LogP contribution < -0.4 is 5.56 Å². The van der Waals surface area contributed by atoms with E-state index in [0.29, 0.717) is 26.4 Å². The Bertz CT molecular complexity index is 1260. The molecule has 0 amide bonds. The van der Waals surface area contributed by atoms with E-state index in [0.717, 1.165) is 10.0 Å². The molecule has 1 unspecified atom stereocenters. The number of nitrogens with zero attached hydrogens (tertiary/aromatic N) is 5. The maximum atomic E-state index is 12.7. The molecule has 0 aliphatic rings. The van der Waals surface area contributed by atoms with Gasteiger partial charge >= 0.3 is 0 Å². The Morgan fingerprint density at radius 1 is 1.16 bits per heavy atom. The van der Waals surface area contributed by atoms with Crippen LogP contribution in [0.4, 0.5) is 0 Å². The van der Waals surface area contributed by atoms with Crippen LogP contribution in [0.25, 0.3) is 16.7 Å². The molecule has 0 radical (unpaired) electrons. The van der Waals surface area contributed by atoms with Crippen molar-refractivity contribution >= 4 is 51.7 Å². The van der Waals surface area contributed by atoms with E-state index in [-0.39, 0.29) is 17.8 Å². The molecule has 4 rings (SSSR count). The molecule has 0 saturated heterocycles. The number of hydrogen-bond acceptors (Lipinski definition) is 9. The summed E-state index contributed by atoms with van der Waals surface area (Å²) in [5.41, 5.74) is 0.979. The molecular formula is C20H20N6O2S3. The first kappa shape index (κ1) is 21.7. The van der Waals surface area contributed by atoms with Gasteiger partial charge in [0.1, 0.15) is 10.4 Å². The van der Waals surface area contributed by atoms with Crippen molar-refractivity contribution in [2.75, 3.05) is 0 Å². The lowest BCUT2D eigenvalue weighted by Gasteiger charge is -2.09. The average molecular weight is 473 g/mol. The van der Waals surface area contributed by atoms with E-state index in [1.54, 1.807) is 23.4 Å². The normalized spacial score (nSPS) is 12.5. The van der Waals surface area contributed by atoms with E-state index in [2.05, 4.69) is 39.1 Å². The van der Waals surface area contributed by atoms with Crippen LogP contribution in [0.15, 0.2) is 50.8 Å². The summed E-state index contributed by atoms with van der Waals surface area (Å²) in [5, 5.41) is 14.0. The smallest absolute Gasteiger partial charge is 0.262 e. The first-order valence-corrected chi connectivity index (χ1v) is 12.2. The quantitative estimate of drug-likeness (QED) is 0.305. The molecule has 3 aromatic heterocycles. The fourth-order valence-electron chi connectivity index (χ4n) is 2.80. The number of hydrogen-bond donors (Lipinski definition) is 1. The summed E-state index contributed by atoms with van der Waals surface area (Å²) in [4.78, 5) is 32.5. The summed E-state index contributed by atoms with van der Waals surface area (Å²) in [6.45, 7) is 5.98. The maximum absolute atomic E-state index is 12.7. The highest BCUT2D eigenvalue weighted by atomic mass is 32.2. The van der Waals surface area contributed by atoms with Crippen molar-refractivity contribution in [1.29, 1.82) is 0 Å². The number of fused-ring (bicyclic) bond motifs is 1. The number of para-hydroxylation sites is 1. The number of thioether (sulfide) groups is 2. The van der Waals surface area contributed by atoms with Gasteiger partial charge in [-0.3, -0.25) is 9.59 Å². The third-order valence-corrected chi connectivity index (χ3v) is 7.31. The first-order chi connectivity index (χ1) is 14.9.